The Balaban J connectivity index is 1.84. The van der Waals surface area contributed by atoms with Gasteiger partial charge in [-0.15, -0.1) is 0 Å². The van der Waals surface area contributed by atoms with Crippen molar-refractivity contribution in [1.29, 1.82) is 0 Å². The zero-order valence-electron chi connectivity index (χ0n) is 13.5. The Morgan fingerprint density at radius 1 is 1.30 bits per heavy atom. The number of rotatable bonds is 5. The first-order valence-electron chi connectivity index (χ1n) is 8.11. The lowest BCUT2D eigenvalue weighted by atomic mass is 9.87. The predicted molar refractivity (Wildman–Crippen MR) is 85.6 cm³/mol. The smallest absolute Gasteiger partial charge is 0.239 e. The highest BCUT2D eigenvalue weighted by Crippen LogP contribution is 2.42. The minimum Gasteiger partial charge on any atom is -0.486 e. The molecule has 0 radical (unpaired) electrons. The van der Waals surface area contributed by atoms with Gasteiger partial charge in [0.1, 0.15) is 19.3 Å². The lowest BCUT2D eigenvalue weighted by molar-refractivity contribution is -0.125. The number of carbonyl (C=O) groups is 1. The van der Waals surface area contributed by atoms with Gasteiger partial charge >= 0.3 is 0 Å². The first kappa shape index (κ1) is 16.1. The summed E-state index contributed by atoms with van der Waals surface area (Å²) in [5.41, 5.74) is 6.55. The molecule has 1 saturated carbocycles. The first-order valence-corrected chi connectivity index (χ1v) is 8.11. The van der Waals surface area contributed by atoms with E-state index < -0.39 is 6.04 Å². The van der Waals surface area contributed by atoms with Crippen molar-refractivity contribution in [2.45, 2.75) is 37.3 Å². The van der Waals surface area contributed by atoms with Gasteiger partial charge in [0.15, 0.2) is 11.5 Å². The molecule has 23 heavy (non-hydrogen) atoms. The van der Waals surface area contributed by atoms with Crippen LogP contribution < -0.4 is 20.5 Å². The van der Waals surface area contributed by atoms with Crippen molar-refractivity contribution < 1.29 is 19.0 Å². The van der Waals surface area contributed by atoms with Gasteiger partial charge in [-0.25, -0.2) is 0 Å². The number of nitrogens with one attached hydrogen (secondary N) is 1. The number of hydrogen-bond acceptors (Lipinski definition) is 5. The van der Waals surface area contributed by atoms with Crippen molar-refractivity contribution in [2.24, 2.45) is 5.73 Å². The van der Waals surface area contributed by atoms with Gasteiger partial charge in [0.25, 0.3) is 0 Å². The summed E-state index contributed by atoms with van der Waals surface area (Å²) in [6, 6.07) is 5.27. The molecule has 1 unspecified atom stereocenters. The molecule has 6 nitrogen and oxygen atoms in total. The summed E-state index contributed by atoms with van der Waals surface area (Å²) in [6.07, 6.45) is 3.96. The Morgan fingerprint density at radius 2 is 2.00 bits per heavy atom. The Kier molecular flexibility index (Phi) is 4.73. The van der Waals surface area contributed by atoms with Crippen LogP contribution >= 0.6 is 0 Å². The van der Waals surface area contributed by atoms with E-state index in [1.165, 1.54) is 0 Å². The summed E-state index contributed by atoms with van der Waals surface area (Å²) in [4.78, 5) is 12.4. The summed E-state index contributed by atoms with van der Waals surface area (Å²) in [7, 11) is 1.54. The van der Waals surface area contributed by atoms with E-state index in [0.717, 1.165) is 42.7 Å². The second kappa shape index (κ2) is 6.76. The molecule has 3 N–H and O–H groups in total. The van der Waals surface area contributed by atoms with Crippen LogP contribution in [0.1, 0.15) is 31.2 Å². The quantitative estimate of drug-likeness (QED) is 0.855. The number of amides is 1. The van der Waals surface area contributed by atoms with Crippen molar-refractivity contribution in [3.05, 3.63) is 23.8 Å². The van der Waals surface area contributed by atoms with Crippen LogP contribution in [0.25, 0.3) is 0 Å². The molecule has 0 spiro atoms. The number of benzene rings is 1. The van der Waals surface area contributed by atoms with Crippen LogP contribution in [0, 0.1) is 0 Å². The number of fused-ring (bicyclic) bond motifs is 1. The lowest BCUT2D eigenvalue weighted by Crippen LogP contribution is -2.52. The molecule has 3 rings (SSSR count). The van der Waals surface area contributed by atoms with Gasteiger partial charge in [0, 0.05) is 7.11 Å². The van der Waals surface area contributed by atoms with Gasteiger partial charge < -0.3 is 25.3 Å². The number of hydrogen-bond donors (Lipinski definition) is 2. The Morgan fingerprint density at radius 3 is 2.70 bits per heavy atom. The van der Waals surface area contributed by atoms with Gasteiger partial charge in [-0.3, -0.25) is 4.79 Å². The fourth-order valence-corrected chi connectivity index (χ4v) is 3.39. The third-order valence-corrected chi connectivity index (χ3v) is 4.60. The minimum atomic E-state index is -0.658. The van der Waals surface area contributed by atoms with E-state index in [4.69, 9.17) is 19.9 Å². The standard InChI is InChI=1S/C17H24N2O4/c1-21-11-13(18)16(20)19-17(6-2-3-7-17)12-4-5-14-15(10-12)23-9-8-22-14/h4-5,10,13H,2-3,6-9,11,18H2,1H3,(H,19,20). The van der Waals surface area contributed by atoms with E-state index in [1.807, 2.05) is 18.2 Å². The molecule has 126 valence electrons. The fourth-order valence-electron chi connectivity index (χ4n) is 3.39. The maximum Gasteiger partial charge on any atom is 0.239 e. The molecule has 6 heteroatoms. The summed E-state index contributed by atoms with van der Waals surface area (Å²) < 4.78 is 16.2. The molecule has 1 fully saturated rings. The summed E-state index contributed by atoms with van der Waals surface area (Å²) in [6.45, 7) is 1.33. The molecule has 1 atom stereocenters. The summed E-state index contributed by atoms with van der Waals surface area (Å²) in [5.74, 6) is 1.33. The number of ether oxygens (including phenoxy) is 3. The van der Waals surface area contributed by atoms with Crippen molar-refractivity contribution in [2.75, 3.05) is 26.9 Å². The molecular weight excluding hydrogens is 296 g/mol. The highest BCUT2D eigenvalue weighted by Gasteiger charge is 2.38. The molecule has 1 aromatic rings. The van der Waals surface area contributed by atoms with Crippen molar-refractivity contribution >= 4 is 5.91 Å². The monoisotopic (exact) mass is 320 g/mol. The highest BCUT2D eigenvalue weighted by atomic mass is 16.6. The van der Waals surface area contributed by atoms with E-state index >= 15 is 0 Å². The van der Waals surface area contributed by atoms with Gasteiger partial charge in [0.05, 0.1) is 12.1 Å². The SMILES string of the molecule is COCC(N)C(=O)NC1(c2ccc3c(c2)OCCO3)CCCC1. The first-order chi connectivity index (χ1) is 11.1. The van der Waals surface area contributed by atoms with Crippen molar-refractivity contribution in [1.82, 2.24) is 5.32 Å². The normalized spacial score (nSPS) is 20.1. The second-order valence-corrected chi connectivity index (χ2v) is 6.20. The molecule has 1 aliphatic carbocycles. The Labute approximate surface area is 136 Å². The average Bonchev–Trinajstić information content (AvgIpc) is 3.04. The zero-order valence-corrected chi connectivity index (χ0v) is 13.5. The largest absolute Gasteiger partial charge is 0.486 e. The maximum absolute atomic E-state index is 12.4. The zero-order chi connectivity index (χ0) is 16.3. The number of carbonyl (C=O) groups excluding carboxylic acids is 1. The molecular formula is C17H24N2O4. The van der Waals surface area contributed by atoms with Gasteiger partial charge in [-0.2, -0.15) is 0 Å². The molecule has 1 aliphatic heterocycles. The molecule has 0 bridgehead atoms. The molecule has 1 heterocycles. The maximum atomic E-state index is 12.4. The highest BCUT2D eigenvalue weighted by molar-refractivity contribution is 5.82. The van der Waals surface area contributed by atoms with Gasteiger partial charge in [-0.1, -0.05) is 18.9 Å². The third kappa shape index (κ3) is 3.28. The minimum absolute atomic E-state index is 0.177. The summed E-state index contributed by atoms with van der Waals surface area (Å²) >= 11 is 0. The van der Waals surface area contributed by atoms with Crippen molar-refractivity contribution in [3.63, 3.8) is 0 Å². The molecule has 2 aliphatic rings. The molecule has 1 aromatic carbocycles. The number of nitrogens with two attached hydrogens (primary N) is 1. The molecule has 0 saturated heterocycles. The van der Waals surface area contributed by atoms with Crippen LogP contribution in [0.5, 0.6) is 11.5 Å². The number of methoxy groups -OCH3 is 1. The summed E-state index contributed by atoms with van der Waals surface area (Å²) in [5, 5.41) is 3.16. The fraction of sp³-hybridized carbons (Fsp3) is 0.588. The second-order valence-electron chi connectivity index (χ2n) is 6.20. The topological polar surface area (TPSA) is 82.8 Å². The van der Waals surface area contributed by atoms with Crippen LogP contribution in [0.15, 0.2) is 18.2 Å². The van der Waals surface area contributed by atoms with Crippen LogP contribution in [-0.2, 0) is 15.1 Å². The van der Waals surface area contributed by atoms with E-state index in [1.54, 1.807) is 7.11 Å². The Bertz CT molecular complexity index is 570. The van der Waals surface area contributed by atoms with Gasteiger partial charge in [0.2, 0.25) is 5.91 Å². The molecule has 0 aromatic heterocycles. The predicted octanol–water partition coefficient (Wildman–Crippen LogP) is 1.32. The lowest BCUT2D eigenvalue weighted by Gasteiger charge is -2.33. The van der Waals surface area contributed by atoms with E-state index in [2.05, 4.69) is 5.32 Å². The van der Waals surface area contributed by atoms with Crippen LogP contribution in [0.4, 0.5) is 0 Å². The van der Waals surface area contributed by atoms with Gasteiger partial charge in [-0.05, 0) is 30.5 Å². The van der Waals surface area contributed by atoms with Crippen LogP contribution in [0.3, 0.4) is 0 Å². The van der Waals surface area contributed by atoms with Crippen LogP contribution in [-0.4, -0.2) is 38.9 Å². The van der Waals surface area contributed by atoms with E-state index in [-0.39, 0.29) is 18.1 Å². The van der Waals surface area contributed by atoms with Crippen molar-refractivity contribution in [3.8, 4) is 11.5 Å². The van der Waals surface area contributed by atoms with Crippen LogP contribution in [0.2, 0.25) is 0 Å². The average molecular weight is 320 g/mol. The van der Waals surface area contributed by atoms with E-state index in [9.17, 15) is 4.79 Å². The Hall–Kier alpha value is -1.79. The third-order valence-electron chi connectivity index (χ3n) is 4.60. The molecule has 1 amide bonds. The van der Waals surface area contributed by atoms with E-state index in [0.29, 0.717) is 13.2 Å².